The van der Waals surface area contributed by atoms with Gasteiger partial charge in [-0.2, -0.15) is 13.2 Å². The second-order valence-corrected chi connectivity index (χ2v) is 5.17. The quantitative estimate of drug-likeness (QED) is 0.926. The van der Waals surface area contributed by atoms with Crippen molar-refractivity contribution in [2.45, 2.75) is 24.6 Å². The number of pyridine rings is 1. The van der Waals surface area contributed by atoms with Crippen molar-refractivity contribution in [2.24, 2.45) is 0 Å². The second-order valence-electron chi connectivity index (χ2n) is 5.17. The number of rotatable bonds is 3. The summed E-state index contributed by atoms with van der Waals surface area (Å²) in [6.07, 6.45) is -3.27. The third-order valence-electron chi connectivity index (χ3n) is 4.04. The highest BCUT2D eigenvalue weighted by atomic mass is 19.4. The van der Waals surface area contributed by atoms with E-state index >= 15 is 0 Å². The molecular formula is C14H18F3N3O2. The van der Waals surface area contributed by atoms with Gasteiger partial charge in [-0.1, -0.05) is 0 Å². The summed E-state index contributed by atoms with van der Waals surface area (Å²) in [7, 11) is 2.61. The summed E-state index contributed by atoms with van der Waals surface area (Å²) in [5, 5.41) is 2.48. The number of alkyl halides is 3. The van der Waals surface area contributed by atoms with Crippen molar-refractivity contribution >= 4 is 11.7 Å². The summed E-state index contributed by atoms with van der Waals surface area (Å²) in [6, 6.07) is 3.24. The van der Waals surface area contributed by atoms with Crippen LogP contribution in [0.25, 0.3) is 0 Å². The van der Waals surface area contributed by atoms with Crippen molar-refractivity contribution in [3.8, 4) is 0 Å². The number of hydrogen-bond donors (Lipinski definition) is 1. The Morgan fingerprint density at radius 1 is 1.36 bits per heavy atom. The van der Waals surface area contributed by atoms with Crippen molar-refractivity contribution in [3.63, 3.8) is 0 Å². The number of piperidine rings is 1. The van der Waals surface area contributed by atoms with Gasteiger partial charge in [-0.25, -0.2) is 4.98 Å². The maximum atomic E-state index is 13.1. The maximum absolute atomic E-state index is 13.1. The summed E-state index contributed by atoms with van der Waals surface area (Å²) in [5.41, 5.74) is -1.67. The predicted octanol–water partition coefficient (Wildman–Crippen LogP) is 1.99. The number of anilines is 1. The van der Waals surface area contributed by atoms with E-state index in [0.29, 0.717) is 11.4 Å². The van der Waals surface area contributed by atoms with E-state index in [1.807, 2.05) is 0 Å². The largest absolute Gasteiger partial charge is 0.417 e. The Morgan fingerprint density at radius 3 is 2.41 bits per heavy atom. The highest BCUT2D eigenvalue weighted by molar-refractivity contribution is 5.93. The standard InChI is InChI=1S/C14H18F3N3O2/c1-18-12(21)10-3-4-11(19-9-10)20-7-5-13(22-2,6-8-20)14(15,16)17/h3-4,9H,5-8H2,1-2H3,(H,18,21). The molecule has 0 unspecified atom stereocenters. The number of nitrogens with one attached hydrogen (secondary N) is 1. The molecule has 0 radical (unpaired) electrons. The van der Waals surface area contributed by atoms with Crippen molar-refractivity contribution in [1.29, 1.82) is 0 Å². The minimum atomic E-state index is -4.38. The Balaban J connectivity index is 2.07. The molecule has 122 valence electrons. The van der Waals surface area contributed by atoms with Crippen LogP contribution in [0.4, 0.5) is 19.0 Å². The summed E-state index contributed by atoms with van der Waals surface area (Å²) >= 11 is 0. The number of carbonyl (C=O) groups is 1. The fourth-order valence-corrected chi connectivity index (χ4v) is 2.55. The van der Waals surface area contributed by atoms with Gasteiger partial charge in [-0.15, -0.1) is 0 Å². The summed E-state index contributed by atoms with van der Waals surface area (Å²) < 4.78 is 44.1. The SMILES string of the molecule is CNC(=O)c1ccc(N2CCC(OC)(C(F)(F)F)CC2)nc1. The molecule has 1 saturated heterocycles. The van der Waals surface area contributed by atoms with Gasteiger partial charge in [0.1, 0.15) is 5.82 Å². The topological polar surface area (TPSA) is 54.5 Å². The molecule has 22 heavy (non-hydrogen) atoms. The molecule has 5 nitrogen and oxygen atoms in total. The number of aromatic nitrogens is 1. The maximum Gasteiger partial charge on any atom is 0.417 e. The number of nitrogens with zero attached hydrogens (tertiary/aromatic N) is 2. The van der Waals surface area contributed by atoms with E-state index in [-0.39, 0.29) is 31.8 Å². The van der Waals surface area contributed by atoms with Crippen LogP contribution in [0, 0.1) is 0 Å². The molecule has 0 aromatic carbocycles. The van der Waals surface area contributed by atoms with Crippen LogP contribution in [-0.2, 0) is 4.74 Å². The van der Waals surface area contributed by atoms with Crippen LogP contribution in [0.2, 0.25) is 0 Å². The minimum absolute atomic E-state index is 0.147. The van der Waals surface area contributed by atoms with Crippen LogP contribution in [0.3, 0.4) is 0 Å². The number of ether oxygens (including phenoxy) is 1. The molecule has 0 spiro atoms. The fraction of sp³-hybridized carbons (Fsp3) is 0.571. The molecule has 1 aliphatic rings. The Morgan fingerprint density at radius 2 is 2.00 bits per heavy atom. The molecule has 1 aromatic rings. The molecule has 1 N–H and O–H groups in total. The van der Waals surface area contributed by atoms with Gasteiger partial charge >= 0.3 is 6.18 Å². The Labute approximate surface area is 126 Å². The first kappa shape index (κ1) is 16.5. The number of amides is 1. The molecule has 1 aromatic heterocycles. The lowest BCUT2D eigenvalue weighted by molar-refractivity contribution is -0.276. The normalized spacial score (nSPS) is 18.1. The predicted molar refractivity (Wildman–Crippen MR) is 74.9 cm³/mol. The summed E-state index contributed by atoms with van der Waals surface area (Å²) in [4.78, 5) is 17.3. The first-order valence-corrected chi connectivity index (χ1v) is 6.88. The summed E-state index contributed by atoms with van der Waals surface area (Å²) in [6.45, 7) is 0.388. The molecule has 8 heteroatoms. The van der Waals surface area contributed by atoms with Gasteiger partial charge in [0.05, 0.1) is 5.56 Å². The molecule has 2 heterocycles. The Bertz CT molecular complexity index is 523. The van der Waals surface area contributed by atoms with E-state index in [0.717, 1.165) is 7.11 Å². The molecule has 1 aliphatic heterocycles. The Kier molecular flexibility index (Phi) is 4.60. The second kappa shape index (κ2) is 6.12. The van der Waals surface area contributed by atoms with Crippen molar-refractivity contribution in [1.82, 2.24) is 10.3 Å². The van der Waals surface area contributed by atoms with Crippen LogP contribution >= 0.6 is 0 Å². The smallest absolute Gasteiger partial charge is 0.369 e. The van der Waals surface area contributed by atoms with E-state index in [1.54, 1.807) is 17.0 Å². The lowest BCUT2D eigenvalue weighted by Crippen LogP contribution is -2.54. The van der Waals surface area contributed by atoms with Gasteiger partial charge in [0.2, 0.25) is 0 Å². The average Bonchev–Trinajstić information content (AvgIpc) is 2.53. The first-order valence-electron chi connectivity index (χ1n) is 6.88. The van der Waals surface area contributed by atoms with Crippen molar-refractivity contribution in [2.75, 3.05) is 32.1 Å². The van der Waals surface area contributed by atoms with E-state index < -0.39 is 11.8 Å². The molecule has 0 atom stereocenters. The van der Waals surface area contributed by atoms with Crippen LogP contribution in [0.15, 0.2) is 18.3 Å². The number of carbonyl (C=O) groups excluding carboxylic acids is 1. The van der Waals surface area contributed by atoms with Gasteiger partial charge in [-0.05, 0) is 12.1 Å². The van der Waals surface area contributed by atoms with Crippen LogP contribution in [0.1, 0.15) is 23.2 Å². The fourth-order valence-electron chi connectivity index (χ4n) is 2.55. The van der Waals surface area contributed by atoms with E-state index in [9.17, 15) is 18.0 Å². The van der Waals surface area contributed by atoms with Crippen LogP contribution < -0.4 is 10.2 Å². The highest BCUT2D eigenvalue weighted by Gasteiger charge is 2.56. The van der Waals surface area contributed by atoms with E-state index in [4.69, 9.17) is 4.74 Å². The van der Waals surface area contributed by atoms with Crippen molar-refractivity contribution in [3.05, 3.63) is 23.9 Å². The van der Waals surface area contributed by atoms with Gasteiger partial charge < -0.3 is 15.0 Å². The molecule has 1 amide bonds. The zero-order valence-electron chi connectivity index (χ0n) is 12.4. The van der Waals surface area contributed by atoms with E-state index in [1.165, 1.54) is 13.2 Å². The summed E-state index contributed by atoms with van der Waals surface area (Å²) in [5.74, 6) is 0.299. The number of hydrogen-bond acceptors (Lipinski definition) is 4. The highest BCUT2D eigenvalue weighted by Crippen LogP contribution is 2.41. The molecule has 0 aliphatic carbocycles. The van der Waals surface area contributed by atoms with Gasteiger partial charge in [-0.3, -0.25) is 4.79 Å². The average molecular weight is 317 g/mol. The number of halogens is 3. The molecule has 1 fully saturated rings. The molecule has 2 rings (SSSR count). The lowest BCUT2D eigenvalue weighted by Gasteiger charge is -2.42. The minimum Gasteiger partial charge on any atom is -0.369 e. The third-order valence-corrected chi connectivity index (χ3v) is 4.04. The van der Waals surface area contributed by atoms with E-state index in [2.05, 4.69) is 10.3 Å². The molecule has 0 saturated carbocycles. The zero-order chi connectivity index (χ0) is 16.4. The monoisotopic (exact) mass is 317 g/mol. The van der Waals surface area contributed by atoms with Crippen LogP contribution in [0.5, 0.6) is 0 Å². The first-order chi connectivity index (χ1) is 10.3. The lowest BCUT2D eigenvalue weighted by atomic mass is 9.90. The zero-order valence-corrected chi connectivity index (χ0v) is 12.4. The molecule has 0 bridgehead atoms. The Hall–Kier alpha value is -1.83. The van der Waals surface area contributed by atoms with Gasteiger partial charge in [0.25, 0.3) is 5.91 Å². The molecular weight excluding hydrogens is 299 g/mol. The van der Waals surface area contributed by atoms with Crippen molar-refractivity contribution < 1.29 is 22.7 Å². The third kappa shape index (κ3) is 3.01. The van der Waals surface area contributed by atoms with Crippen LogP contribution in [-0.4, -0.2) is 49.9 Å². The van der Waals surface area contributed by atoms with Gasteiger partial charge in [0, 0.05) is 46.3 Å². The van der Waals surface area contributed by atoms with Gasteiger partial charge in [0.15, 0.2) is 5.60 Å². The number of methoxy groups -OCH3 is 1.